The van der Waals surface area contributed by atoms with Gasteiger partial charge >= 0.3 is 0 Å². The molecule has 0 bridgehead atoms. The van der Waals surface area contributed by atoms with Crippen LogP contribution < -0.4 is 4.74 Å². The van der Waals surface area contributed by atoms with Crippen LogP contribution in [0.2, 0.25) is 6.55 Å². The fourth-order valence-corrected chi connectivity index (χ4v) is 3.20. The van der Waals surface area contributed by atoms with Gasteiger partial charge in [0.25, 0.3) is 0 Å². The Morgan fingerprint density at radius 3 is 2.50 bits per heavy atom. The van der Waals surface area contributed by atoms with Gasteiger partial charge in [-0.15, -0.1) is 0 Å². The summed E-state index contributed by atoms with van der Waals surface area (Å²) in [6.45, 7) is 7.71. The maximum Gasteiger partial charge on any atom is 0.125 e. The van der Waals surface area contributed by atoms with Crippen molar-refractivity contribution in [1.82, 2.24) is 0 Å². The SMILES string of the molecule is CCCCCCOc1c(CC)cccc1C[SiH2]C. The Balaban J connectivity index is 2.60. The minimum atomic E-state index is 0.0541. The summed E-state index contributed by atoms with van der Waals surface area (Å²) >= 11 is 0. The largest absolute Gasteiger partial charge is 0.493 e. The van der Waals surface area contributed by atoms with Crippen molar-refractivity contribution >= 4 is 9.52 Å². The quantitative estimate of drug-likeness (QED) is 0.485. The van der Waals surface area contributed by atoms with Gasteiger partial charge in [-0.25, -0.2) is 0 Å². The zero-order chi connectivity index (χ0) is 13.2. The van der Waals surface area contributed by atoms with Crippen molar-refractivity contribution in [1.29, 1.82) is 0 Å². The molecule has 1 nitrogen and oxygen atoms in total. The Hall–Kier alpha value is -0.763. The van der Waals surface area contributed by atoms with Gasteiger partial charge in [0.05, 0.1) is 6.61 Å². The van der Waals surface area contributed by atoms with Crippen LogP contribution in [0.1, 0.15) is 50.7 Å². The van der Waals surface area contributed by atoms with Crippen LogP contribution in [0.3, 0.4) is 0 Å². The zero-order valence-electron chi connectivity index (χ0n) is 12.3. The van der Waals surface area contributed by atoms with E-state index in [9.17, 15) is 0 Å². The molecule has 0 aliphatic rings. The molecule has 0 aliphatic carbocycles. The third-order valence-electron chi connectivity index (χ3n) is 3.32. The first kappa shape index (κ1) is 15.3. The van der Waals surface area contributed by atoms with Crippen LogP contribution in [-0.4, -0.2) is 16.1 Å². The maximum atomic E-state index is 6.08. The van der Waals surface area contributed by atoms with E-state index in [2.05, 4.69) is 38.6 Å². The topological polar surface area (TPSA) is 9.23 Å². The fourth-order valence-electron chi connectivity index (χ4n) is 2.27. The molecule has 18 heavy (non-hydrogen) atoms. The van der Waals surface area contributed by atoms with Crippen LogP contribution in [0, 0.1) is 0 Å². The summed E-state index contributed by atoms with van der Waals surface area (Å²) in [5.74, 6) is 1.20. The van der Waals surface area contributed by atoms with Crippen LogP contribution >= 0.6 is 0 Å². The van der Waals surface area contributed by atoms with E-state index in [-0.39, 0.29) is 9.52 Å². The predicted octanol–water partition coefficient (Wildman–Crippen LogP) is 3.93. The minimum absolute atomic E-state index is 0.0541. The molecule has 0 atom stereocenters. The van der Waals surface area contributed by atoms with E-state index in [0.717, 1.165) is 13.0 Å². The van der Waals surface area contributed by atoms with Crippen LogP contribution in [-0.2, 0) is 12.5 Å². The van der Waals surface area contributed by atoms with Gasteiger partial charge in [0.2, 0.25) is 0 Å². The number of rotatable bonds is 9. The molecule has 0 heterocycles. The second-order valence-electron chi connectivity index (χ2n) is 4.92. The molecule has 0 radical (unpaired) electrons. The molecule has 0 spiro atoms. The Bertz CT molecular complexity index is 336. The van der Waals surface area contributed by atoms with Crippen LogP contribution in [0.25, 0.3) is 0 Å². The van der Waals surface area contributed by atoms with Gasteiger partial charge in [-0.05, 0) is 30.0 Å². The van der Waals surface area contributed by atoms with Gasteiger partial charge in [-0.2, -0.15) is 0 Å². The smallest absolute Gasteiger partial charge is 0.125 e. The van der Waals surface area contributed by atoms with E-state index >= 15 is 0 Å². The lowest BCUT2D eigenvalue weighted by Crippen LogP contribution is -2.04. The molecule has 1 rings (SSSR count). The summed E-state index contributed by atoms with van der Waals surface area (Å²) in [6, 6.07) is 7.90. The van der Waals surface area contributed by atoms with Gasteiger partial charge < -0.3 is 4.74 Å². The highest BCUT2D eigenvalue weighted by Gasteiger charge is 2.07. The Kier molecular flexibility index (Phi) is 7.82. The molecule has 0 saturated heterocycles. The van der Waals surface area contributed by atoms with Crippen LogP contribution in [0.5, 0.6) is 5.75 Å². The molecule has 1 aromatic carbocycles. The standard InChI is InChI=1S/C16H28OSi/c1-4-6-7-8-12-17-16-14(5-2)10-9-11-15(16)13-18-3/h9-11H,4-8,12-13,18H2,1-3H3. The van der Waals surface area contributed by atoms with Crippen molar-refractivity contribution in [3.63, 3.8) is 0 Å². The summed E-state index contributed by atoms with van der Waals surface area (Å²) in [4.78, 5) is 0. The van der Waals surface area contributed by atoms with Crippen LogP contribution in [0.4, 0.5) is 0 Å². The van der Waals surface area contributed by atoms with Crippen molar-refractivity contribution in [3.05, 3.63) is 29.3 Å². The van der Waals surface area contributed by atoms with Gasteiger partial charge in [-0.3, -0.25) is 0 Å². The van der Waals surface area contributed by atoms with Gasteiger partial charge in [0.15, 0.2) is 0 Å². The molecule has 2 heteroatoms. The first-order valence-electron chi connectivity index (χ1n) is 7.57. The average molecular weight is 264 g/mol. The third kappa shape index (κ3) is 4.85. The van der Waals surface area contributed by atoms with Gasteiger partial charge in [0, 0.05) is 9.52 Å². The Labute approximate surface area is 115 Å². The summed E-state index contributed by atoms with van der Waals surface area (Å²) < 4.78 is 6.08. The highest BCUT2D eigenvalue weighted by Crippen LogP contribution is 2.25. The lowest BCUT2D eigenvalue weighted by molar-refractivity contribution is 0.300. The Morgan fingerprint density at radius 1 is 1.06 bits per heavy atom. The van der Waals surface area contributed by atoms with Crippen molar-refractivity contribution in [3.8, 4) is 5.75 Å². The van der Waals surface area contributed by atoms with Gasteiger partial charge in [0.1, 0.15) is 5.75 Å². The monoisotopic (exact) mass is 264 g/mol. The van der Waals surface area contributed by atoms with E-state index in [4.69, 9.17) is 4.74 Å². The lowest BCUT2D eigenvalue weighted by atomic mass is 10.1. The molecule has 0 amide bonds. The maximum absolute atomic E-state index is 6.08. The molecule has 0 fully saturated rings. The van der Waals surface area contributed by atoms with E-state index in [0.29, 0.717) is 0 Å². The Morgan fingerprint density at radius 2 is 1.83 bits per heavy atom. The summed E-state index contributed by atoms with van der Waals surface area (Å²) in [5, 5.41) is 0. The molecule has 0 saturated carbocycles. The van der Waals surface area contributed by atoms with Crippen molar-refractivity contribution in [2.24, 2.45) is 0 Å². The molecule has 0 aromatic heterocycles. The van der Waals surface area contributed by atoms with E-state index < -0.39 is 0 Å². The number of aryl methyl sites for hydroxylation is 1. The minimum Gasteiger partial charge on any atom is -0.493 e. The van der Waals surface area contributed by atoms with E-state index in [1.165, 1.54) is 48.6 Å². The molecular weight excluding hydrogens is 236 g/mol. The normalized spacial score (nSPS) is 11.3. The molecule has 1 aromatic rings. The first-order chi connectivity index (χ1) is 8.83. The first-order valence-corrected chi connectivity index (χ1v) is 9.98. The molecule has 0 aliphatic heterocycles. The molecule has 102 valence electrons. The second kappa shape index (κ2) is 9.20. The fraction of sp³-hybridized carbons (Fsp3) is 0.625. The van der Waals surface area contributed by atoms with Crippen LogP contribution in [0.15, 0.2) is 18.2 Å². The average Bonchev–Trinajstić information content (AvgIpc) is 2.40. The predicted molar refractivity (Wildman–Crippen MR) is 83.6 cm³/mol. The highest BCUT2D eigenvalue weighted by molar-refractivity contribution is 6.33. The number of benzene rings is 1. The van der Waals surface area contributed by atoms with Gasteiger partial charge in [-0.1, -0.05) is 57.9 Å². The van der Waals surface area contributed by atoms with E-state index in [1.807, 2.05) is 0 Å². The highest BCUT2D eigenvalue weighted by atomic mass is 28.2. The molecule has 0 N–H and O–H groups in total. The zero-order valence-corrected chi connectivity index (χ0v) is 13.7. The van der Waals surface area contributed by atoms with Crippen molar-refractivity contribution in [2.75, 3.05) is 6.61 Å². The molecular formula is C16H28OSi. The van der Waals surface area contributed by atoms with Crippen molar-refractivity contribution in [2.45, 2.75) is 58.5 Å². The third-order valence-corrected chi connectivity index (χ3v) is 4.36. The van der Waals surface area contributed by atoms with Crippen molar-refractivity contribution < 1.29 is 4.74 Å². The summed E-state index contributed by atoms with van der Waals surface area (Å²) in [6.07, 6.45) is 6.17. The summed E-state index contributed by atoms with van der Waals surface area (Å²) in [7, 11) is 0.0541. The number of unbranched alkanes of at least 4 members (excludes halogenated alkanes) is 3. The molecule has 0 unspecified atom stereocenters. The summed E-state index contributed by atoms with van der Waals surface area (Å²) in [5.41, 5.74) is 2.82. The lowest BCUT2D eigenvalue weighted by Gasteiger charge is -2.15. The number of ether oxygens (including phenoxy) is 1. The number of hydrogen-bond acceptors (Lipinski definition) is 1. The number of para-hydroxylation sites is 1. The second-order valence-corrected chi connectivity index (χ2v) is 6.42. The number of hydrogen-bond donors (Lipinski definition) is 0. The van der Waals surface area contributed by atoms with E-state index in [1.54, 1.807) is 0 Å².